The Morgan fingerprint density at radius 3 is 2.85 bits per heavy atom. The third-order valence-corrected chi connectivity index (χ3v) is 3.50. The standard InChI is InChI=1S/C18H14N4O4/c1-12-5-6-14(10-19-12)18(23)21-20-11-16-7-8-17(26-16)13-3-2-4-15(9-13)22(24)25/h2-11H,1H3,(H,21,23). The van der Waals surface area contributed by atoms with E-state index < -0.39 is 4.92 Å². The molecule has 2 heterocycles. The summed E-state index contributed by atoms with van der Waals surface area (Å²) in [6, 6.07) is 12.8. The van der Waals surface area contributed by atoms with Gasteiger partial charge in [0.15, 0.2) is 0 Å². The molecule has 2 aromatic heterocycles. The number of pyridine rings is 1. The fourth-order valence-electron chi connectivity index (χ4n) is 2.17. The average Bonchev–Trinajstić information content (AvgIpc) is 3.11. The molecule has 26 heavy (non-hydrogen) atoms. The normalized spacial score (nSPS) is 10.8. The molecule has 0 unspecified atom stereocenters. The largest absolute Gasteiger partial charge is 0.455 e. The highest BCUT2D eigenvalue weighted by Gasteiger charge is 2.10. The number of hydrazone groups is 1. The van der Waals surface area contributed by atoms with Gasteiger partial charge in [-0.3, -0.25) is 19.9 Å². The highest BCUT2D eigenvalue weighted by molar-refractivity contribution is 5.94. The van der Waals surface area contributed by atoms with Crippen LogP contribution in [0.25, 0.3) is 11.3 Å². The van der Waals surface area contributed by atoms with Gasteiger partial charge in [0.25, 0.3) is 11.6 Å². The Bertz CT molecular complexity index is 977. The number of amides is 1. The lowest BCUT2D eigenvalue weighted by Crippen LogP contribution is -2.17. The number of carbonyl (C=O) groups excluding carboxylic acids is 1. The molecular weight excluding hydrogens is 336 g/mol. The number of furan rings is 1. The summed E-state index contributed by atoms with van der Waals surface area (Å²) in [7, 11) is 0. The highest BCUT2D eigenvalue weighted by Crippen LogP contribution is 2.25. The number of nitrogens with zero attached hydrogens (tertiary/aromatic N) is 3. The predicted octanol–water partition coefficient (Wildman–Crippen LogP) is 3.32. The van der Waals surface area contributed by atoms with Crippen LogP contribution in [0.5, 0.6) is 0 Å². The quantitative estimate of drug-likeness (QED) is 0.431. The number of carbonyl (C=O) groups is 1. The Hall–Kier alpha value is -3.81. The van der Waals surface area contributed by atoms with E-state index in [2.05, 4.69) is 15.5 Å². The third kappa shape index (κ3) is 3.99. The molecule has 0 saturated carbocycles. The predicted molar refractivity (Wildman–Crippen MR) is 94.8 cm³/mol. The molecular formula is C18H14N4O4. The van der Waals surface area contributed by atoms with Crippen LogP contribution in [0.3, 0.4) is 0 Å². The SMILES string of the molecule is Cc1ccc(C(=O)NN=Cc2ccc(-c3cccc([N+](=O)[O-])c3)o2)cn1. The van der Waals surface area contributed by atoms with Crippen LogP contribution >= 0.6 is 0 Å². The first-order valence-corrected chi connectivity index (χ1v) is 7.63. The summed E-state index contributed by atoms with van der Waals surface area (Å²) in [4.78, 5) is 26.3. The molecule has 3 rings (SSSR count). The maximum Gasteiger partial charge on any atom is 0.272 e. The molecule has 130 valence electrons. The maximum atomic E-state index is 11.9. The van der Waals surface area contributed by atoms with Gasteiger partial charge in [-0.1, -0.05) is 12.1 Å². The van der Waals surface area contributed by atoms with E-state index in [0.717, 1.165) is 5.69 Å². The number of non-ortho nitro benzene ring substituents is 1. The summed E-state index contributed by atoms with van der Waals surface area (Å²) < 4.78 is 5.57. The fourth-order valence-corrected chi connectivity index (χ4v) is 2.17. The first kappa shape index (κ1) is 17.0. The number of aromatic nitrogens is 1. The van der Waals surface area contributed by atoms with Crippen LogP contribution in [0.4, 0.5) is 5.69 Å². The molecule has 1 N–H and O–H groups in total. The maximum absolute atomic E-state index is 11.9. The number of nitro groups is 1. The minimum absolute atomic E-state index is 0.0203. The fraction of sp³-hybridized carbons (Fsp3) is 0.0556. The lowest BCUT2D eigenvalue weighted by molar-refractivity contribution is -0.384. The van der Waals surface area contributed by atoms with Crippen molar-refractivity contribution in [3.05, 3.63) is 81.9 Å². The minimum Gasteiger partial charge on any atom is -0.455 e. The summed E-state index contributed by atoms with van der Waals surface area (Å²) in [6.07, 6.45) is 2.81. The van der Waals surface area contributed by atoms with Crippen LogP contribution in [0.1, 0.15) is 21.8 Å². The second kappa shape index (κ2) is 7.39. The van der Waals surface area contributed by atoms with E-state index in [1.54, 1.807) is 36.4 Å². The number of aryl methyl sites for hydroxylation is 1. The Morgan fingerprint density at radius 1 is 1.27 bits per heavy atom. The van der Waals surface area contributed by atoms with E-state index >= 15 is 0 Å². The van der Waals surface area contributed by atoms with Gasteiger partial charge in [0.05, 0.1) is 16.7 Å². The van der Waals surface area contributed by atoms with Gasteiger partial charge in [0, 0.05) is 29.6 Å². The van der Waals surface area contributed by atoms with Crippen molar-refractivity contribution in [1.82, 2.24) is 10.4 Å². The number of benzene rings is 1. The molecule has 8 nitrogen and oxygen atoms in total. The van der Waals surface area contributed by atoms with Crippen LogP contribution in [0, 0.1) is 17.0 Å². The molecule has 0 spiro atoms. The molecule has 8 heteroatoms. The first-order chi connectivity index (χ1) is 12.5. The van der Waals surface area contributed by atoms with E-state index in [1.165, 1.54) is 24.5 Å². The van der Waals surface area contributed by atoms with Crippen LogP contribution in [0.15, 0.2) is 64.2 Å². The molecule has 0 saturated heterocycles. The second-order valence-electron chi connectivity index (χ2n) is 5.40. The van der Waals surface area contributed by atoms with E-state index in [-0.39, 0.29) is 11.6 Å². The van der Waals surface area contributed by atoms with Crippen molar-refractivity contribution in [3.8, 4) is 11.3 Å². The first-order valence-electron chi connectivity index (χ1n) is 7.63. The summed E-state index contributed by atoms with van der Waals surface area (Å²) in [5, 5.41) is 14.7. The van der Waals surface area contributed by atoms with Gasteiger partial charge in [0.1, 0.15) is 11.5 Å². The highest BCUT2D eigenvalue weighted by atomic mass is 16.6. The van der Waals surface area contributed by atoms with Crippen molar-refractivity contribution in [1.29, 1.82) is 0 Å². The van der Waals surface area contributed by atoms with Crippen molar-refractivity contribution < 1.29 is 14.1 Å². The lowest BCUT2D eigenvalue weighted by Gasteiger charge is -1.99. The molecule has 0 radical (unpaired) electrons. The van der Waals surface area contributed by atoms with Gasteiger partial charge >= 0.3 is 0 Å². The van der Waals surface area contributed by atoms with Gasteiger partial charge in [0.2, 0.25) is 0 Å². The van der Waals surface area contributed by atoms with Crippen LogP contribution in [-0.2, 0) is 0 Å². The van der Waals surface area contributed by atoms with Gasteiger partial charge in [-0.25, -0.2) is 5.43 Å². The van der Waals surface area contributed by atoms with Crippen molar-refractivity contribution in [2.45, 2.75) is 6.92 Å². The third-order valence-electron chi connectivity index (χ3n) is 3.50. The Balaban J connectivity index is 1.67. The van der Waals surface area contributed by atoms with Crippen LogP contribution in [-0.4, -0.2) is 22.0 Å². The molecule has 1 aromatic carbocycles. The van der Waals surface area contributed by atoms with E-state index in [9.17, 15) is 14.9 Å². The van der Waals surface area contributed by atoms with Crippen molar-refractivity contribution in [3.63, 3.8) is 0 Å². The van der Waals surface area contributed by atoms with E-state index in [4.69, 9.17) is 4.42 Å². The molecule has 0 aliphatic carbocycles. The summed E-state index contributed by atoms with van der Waals surface area (Å²) in [6.45, 7) is 1.83. The van der Waals surface area contributed by atoms with Crippen molar-refractivity contribution >= 4 is 17.8 Å². The van der Waals surface area contributed by atoms with E-state index in [0.29, 0.717) is 22.6 Å². The Morgan fingerprint density at radius 2 is 2.12 bits per heavy atom. The topological polar surface area (TPSA) is 111 Å². The number of nitro benzene ring substituents is 1. The minimum atomic E-state index is -0.468. The summed E-state index contributed by atoms with van der Waals surface area (Å²) in [5.74, 6) is 0.470. The zero-order chi connectivity index (χ0) is 18.5. The Kier molecular flexibility index (Phi) is 4.84. The number of hydrogen-bond donors (Lipinski definition) is 1. The number of rotatable bonds is 5. The molecule has 0 aliphatic rings. The van der Waals surface area contributed by atoms with Gasteiger partial charge in [-0.15, -0.1) is 0 Å². The number of hydrogen-bond acceptors (Lipinski definition) is 6. The van der Waals surface area contributed by atoms with Crippen molar-refractivity contribution in [2.75, 3.05) is 0 Å². The Labute approximate surface area is 148 Å². The zero-order valence-electron chi connectivity index (χ0n) is 13.7. The van der Waals surface area contributed by atoms with E-state index in [1.807, 2.05) is 6.92 Å². The summed E-state index contributed by atoms with van der Waals surface area (Å²) in [5.41, 5.74) is 4.15. The molecule has 0 aliphatic heterocycles. The monoisotopic (exact) mass is 350 g/mol. The zero-order valence-corrected chi connectivity index (χ0v) is 13.7. The van der Waals surface area contributed by atoms with Gasteiger partial charge in [-0.2, -0.15) is 5.10 Å². The molecule has 0 fully saturated rings. The summed E-state index contributed by atoms with van der Waals surface area (Å²) >= 11 is 0. The molecule has 1 amide bonds. The van der Waals surface area contributed by atoms with Crippen molar-refractivity contribution in [2.24, 2.45) is 5.10 Å². The molecule has 0 atom stereocenters. The number of nitrogens with one attached hydrogen (secondary N) is 1. The lowest BCUT2D eigenvalue weighted by atomic mass is 10.1. The van der Waals surface area contributed by atoms with Crippen LogP contribution < -0.4 is 5.43 Å². The average molecular weight is 350 g/mol. The molecule has 3 aromatic rings. The smallest absolute Gasteiger partial charge is 0.272 e. The van der Waals surface area contributed by atoms with Crippen LogP contribution in [0.2, 0.25) is 0 Å². The second-order valence-corrected chi connectivity index (χ2v) is 5.40. The molecule has 0 bridgehead atoms. The van der Waals surface area contributed by atoms with Gasteiger partial charge < -0.3 is 4.42 Å². The van der Waals surface area contributed by atoms with Gasteiger partial charge in [-0.05, 0) is 31.2 Å².